The Morgan fingerprint density at radius 3 is 2.73 bits per heavy atom. The molecular weight excluding hydrogens is 494 g/mol. The van der Waals surface area contributed by atoms with E-state index in [4.69, 9.17) is 21.3 Å². The molecule has 0 spiro atoms. The summed E-state index contributed by atoms with van der Waals surface area (Å²) in [7, 11) is 5.34. The van der Waals surface area contributed by atoms with Crippen molar-refractivity contribution in [3.8, 4) is 5.75 Å². The molecule has 1 fully saturated rings. The summed E-state index contributed by atoms with van der Waals surface area (Å²) in [5.74, 6) is 1.60. The van der Waals surface area contributed by atoms with Gasteiger partial charge in [0.1, 0.15) is 5.02 Å². The van der Waals surface area contributed by atoms with E-state index < -0.39 is 0 Å². The number of ether oxygens (including phenoxy) is 1. The van der Waals surface area contributed by atoms with Gasteiger partial charge in [0.2, 0.25) is 17.6 Å². The molecule has 0 unspecified atom stereocenters. The molecule has 4 heterocycles. The molecule has 2 N–H and O–H groups in total. The van der Waals surface area contributed by atoms with Crippen LogP contribution in [0.25, 0.3) is 10.9 Å². The van der Waals surface area contributed by atoms with Crippen LogP contribution in [0.5, 0.6) is 5.75 Å². The van der Waals surface area contributed by atoms with Crippen molar-refractivity contribution in [3.05, 3.63) is 39.8 Å². The largest absolute Gasteiger partial charge is 0.486 e. The Morgan fingerprint density at radius 1 is 1.24 bits per heavy atom. The number of nitrogens with one attached hydrogen (secondary N) is 2. The first-order valence-electron chi connectivity index (χ1n) is 12.5. The van der Waals surface area contributed by atoms with E-state index in [1.165, 1.54) is 0 Å². The van der Waals surface area contributed by atoms with Crippen LogP contribution in [0.2, 0.25) is 5.02 Å². The van der Waals surface area contributed by atoms with E-state index in [2.05, 4.69) is 27.4 Å². The lowest BCUT2D eigenvalue weighted by Crippen LogP contribution is -2.40. The monoisotopic (exact) mass is 525 g/mol. The zero-order chi connectivity index (χ0) is 26.3. The molecule has 1 aromatic carbocycles. The maximum absolute atomic E-state index is 12.9. The molecular formula is C26H32ClN7O3. The molecule has 196 valence electrons. The summed E-state index contributed by atoms with van der Waals surface area (Å²) >= 11 is 6.47. The molecule has 1 amide bonds. The number of pyridine rings is 1. The van der Waals surface area contributed by atoms with Crippen molar-refractivity contribution in [1.82, 2.24) is 19.4 Å². The van der Waals surface area contributed by atoms with E-state index in [1.54, 1.807) is 36.8 Å². The van der Waals surface area contributed by atoms with Gasteiger partial charge < -0.3 is 29.7 Å². The molecule has 1 atom stereocenters. The molecule has 0 radical (unpaired) electrons. The Labute approximate surface area is 220 Å². The second kappa shape index (κ2) is 10.1. The van der Waals surface area contributed by atoms with Crippen LogP contribution in [0.4, 0.5) is 23.1 Å². The van der Waals surface area contributed by atoms with Crippen molar-refractivity contribution in [2.24, 2.45) is 13.0 Å². The summed E-state index contributed by atoms with van der Waals surface area (Å²) in [4.78, 5) is 38.1. The molecule has 1 saturated heterocycles. The van der Waals surface area contributed by atoms with Gasteiger partial charge in [-0.3, -0.25) is 9.59 Å². The van der Waals surface area contributed by atoms with Crippen LogP contribution in [0, 0.1) is 5.92 Å². The summed E-state index contributed by atoms with van der Waals surface area (Å²) in [5, 5.41) is 8.05. The first-order chi connectivity index (χ1) is 17.7. The lowest BCUT2D eigenvalue weighted by Gasteiger charge is -2.32. The summed E-state index contributed by atoms with van der Waals surface area (Å²) in [6.07, 6.45) is 3.91. The quantitative estimate of drug-likeness (QED) is 0.532. The number of aromatic nitrogens is 3. The highest BCUT2D eigenvalue weighted by Crippen LogP contribution is 2.35. The second-order valence-corrected chi connectivity index (χ2v) is 10.4. The number of benzene rings is 1. The van der Waals surface area contributed by atoms with E-state index in [0.29, 0.717) is 47.9 Å². The van der Waals surface area contributed by atoms with Crippen LogP contribution in [-0.2, 0) is 11.8 Å². The van der Waals surface area contributed by atoms with Gasteiger partial charge in [-0.05, 0) is 38.0 Å². The van der Waals surface area contributed by atoms with E-state index >= 15 is 0 Å². The van der Waals surface area contributed by atoms with Gasteiger partial charge in [0, 0.05) is 63.7 Å². The third-order valence-electron chi connectivity index (χ3n) is 7.10. The number of carbonyl (C=O) groups is 1. The Hall–Kier alpha value is -3.53. The topological polar surface area (TPSA) is 105 Å². The lowest BCUT2D eigenvalue weighted by atomic mass is 9.96. The average molecular weight is 526 g/mol. The van der Waals surface area contributed by atoms with Crippen molar-refractivity contribution < 1.29 is 9.53 Å². The number of fused-ring (bicyclic) bond motifs is 3. The summed E-state index contributed by atoms with van der Waals surface area (Å²) in [6, 6.07) is 5.94. The maximum atomic E-state index is 12.9. The van der Waals surface area contributed by atoms with Crippen LogP contribution in [0.1, 0.15) is 26.2 Å². The number of halogens is 1. The van der Waals surface area contributed by atoms with Gasteiger partial charge in [-0.25, -0.2) is 4.98 Å². The number of rotatable bonds is 4. The van der Waals surface area contributed by atoms with Crippen LogP contribution in [0.3, 0.4) is 0 Å². The highest BCUT2D eigenvalue weighted by molar-refractivity contribution is 6.33. The van der Waals surface area contributed by atoms with Gasteiger partial charge in [-0.1, -0.05) is 11.6 Å². The zero-order valence-electron chi connectivity index (χ0n) is 21.5. The third-order valence-corrected chi connectivity index (χ3v) is 7.38. The molecule has 11 heteroatoms. The normalized spacial score (nSPS) is 18.0. The Bertz CT molecular complexity index is 1400. The number of nitrogens with zero attached hydrogens (tertiary/aromatic N) is 5. The van der Waals surface area contributed by atoms with E-state index in [0.717, 1.165) is 35.9 Å². The van der Waals surface area contributed by atoms with Gasteiger partial charge in [0.15, 0.2) is 5.82 Å². The Balaban J connectivity index is 1.43. The Morgan fingerprint density at radius 2 is 2.00 bits per heavy atom. The Kier molecular flexibility index (Phi) is 6.85. The van der Waals surface area contributed by atoms with Crippen molar-refractivity contribution in [2.45, 2.75) is 32.2 Å². The number of hydrogen-bond acceptors (Lipinski definition) is 8. The molecule has 2 aromatic heterocycles. The zero-order valence-corrected chi connectivity index (χ0v) is 22.3. The first kappa shape index (κ1) is 25.1. The number of piperidine rings is 1. The predicted octanol–water partition coefficient (Wildman–Crippen LogP) is 3.61. The third kappa shape index (κ3) is 4.90. The molecule has 2 aliphatic rings. The fraction of sp³-hybridized carbons (Fsp3) is 0.462. The van der Waals surface area contributed by atoms with Crippen LogP contribution < -0.4 is 25.8 Å². The number of amides is 1. The summed E-state index contributed by atoms with van der Waals surface area (Å²) < 4.78 is 7.45. The molecule has 3 aromatic rings. The minimum absolute atomic E-state index is 0.0279. The fourth-order valence-corrected chi connectivity index (χ4v) is 5.10. The molecule has 2 aliphatic heterocycles. The van der Waals surface area contributed by atoms with E-state index in [-0.39, 0.29) is 23.4 Å². The van der Waals surface area contributed by atoms with Gasteiger partial charge in [0.05, 0.1) is 24.0 Å². The summed E-state index contributed by atoms with van der Waals surface area (Å²) in [5.41, 5.74) is 2.11. The van der Waals surface area contributed by atoms with Crippen LogP contribution >= 0.6 is 11.6 Å². The molecule has 10 nitrogen and oxygen atoms in total. The number of hydrogen-bond donors (Lipinski definition) is 2. The van der Waals surface area contributed by atoms with E-state index in [9.17, 15) is 9.59 Å². The molecule has 5 rings (SSSR count). The van der Waals surface area contributed by atoms with Crippen molar-refractivity contribution in [2.75, 3.05) is 49.3 Å². The standard InChI is InChI=1S/C26H32ClN7O3/c1-15-9-12-37-22-21(29-15)18-13-17(5-6-20(18)33(4)25(22)36)30-23-19(27)14-28-26(31-23)34-10-7-16(8-11-34)24(35)32(2)3/h5-6,13-16,29H,7-12H2,1-4H3,(H,28,30,31)/t15-/m0/s1. The van der Waals surface area contributed by atoms with Crippen LogP contribution in [-0.4, -0.2) is 65.2 Å². The van der Waals surface area contributed by atoms with Crippen molar-refractivity contribution in [1.29, 1.82) is 0 Å². The van der Waals surface area contributed by atoms with Gasteiger partial charge in [0.25, 0.3) is 5.56 Å². The SMILES string of the molecule is C[C@H]1CCOc2c(c3cc(Nc4nc(N5CCC(C(=O)N(C)C)CC5)ncc4Cl)ccc3n(C)c2=O)N1. The van der Waals surface area contributed by atoms with E-state index in [1.807, 2.05) is 18.2 Å². The van der Waals surface area contributed by atoms with Gasteiger partial charge in [-0.15, -0.1) is 0 Å². The van der Waals surface area contributed by atoms with Crippen molar-refractivity contribution >= 4 is 51.6 Å². The predicted molar refractivity (Wildman–Crippen MR) is 146 cm³/mol. The minimum Gasteiger partial charge on any atom is -0.486 e. The van der Waals surface area contributed by atoms with Crippen LogP contribution in [0.15, 0.2) is 29.2 Å². The van der Waals surface area contributed by atoms with Gasteiger partial charge >= 0.3 is 0 Å². The molecule has 37 heavy (non-hydrogen) atoms. The molecule has 0 aliphatic carbocycles. The number of aryl methyl sites for hydroxylation is 1. The smallest absolute Gasteiger partial charge is 0.295 e. The molecule has 0 saturated carbocycles. The minimum atomic E-state index is -0.163. The van der Waals surface area contributed by atoms with Gasteiger partial charge in [-0.2, -0.15) is 4.98 Å². The maximum Gasteiger partial charge on any atom is 0.295 e. The highest BCUT2D eigenvalue weighted by Gasteiger charge is 2.27. The first-order valence-corrected chi connectivity index (χ1v) is 12.9. The number of carbonyl (C=O) groups excluding carboxylic acids is 1. The summed E-state index contributed by atoms with van der Waals surface area (Å²) in [6.45, 7) is 3.96. The molecule has 0 bridgehead atoms. The number of anilines is 4. The van der Waals surface area contributed by atoms with Crippen molar-refractivity contribution in [3.63, 3.8) is 0 Å². The lowest BCUT2D eigenvalue weighted by molar-refractivity contribution is -0.133. The second-order valence-electron chi connectivity index (χ2n) is 9.97. The highest BCUT2D eigenvalue weighted by atomic mass is 35.5. The average Bonchev–Trinajstić information content (AvgIpc) is 3.09. The fourth-order valence-electron chi connectivity index (χ4n) is 4.96.